The fourth-order valence-corrected chi connectivity index (χ4v) is 4.61. The maximum atomic E-state index is 13.0. The molecule has 0 saturated heterocycles. The quantitative estimate of drug-likeness (QED) is 0.667. The van der Waals surface area contributed by atoms with E-state index >= 15 is 0 Å². The third kappa shape index (κ3) is 1.92. The molecule has 1 saturated carbocycles. The predicted octanol–water partition coefficient (Wildman–Crippen LogP) is 4.01. The number of ketones is 2. The van der Waals surface area contributed by atoms with Crippen LogP contribution in [0.15, 0.2) is 22.8 Å². The topological polar surface area (TPSA) is 34.1 Å². The summed E-state index contributed by atoms with van der Waals surface area (Å²) in [4.78, 5) is 25.7. The van der Waals surface area contributed by atoms with Crippen LogP contribution in [0.3, 0.4) is 0 Å². The molecule has 3 rings (SSSR count). The predicted molar refractivity (Wildman–Crippen MR) is 79.3 cm³/mol. The Morgan fingerprint density at radius 3 is 2.70 bits per heavy atom. The molecule has 0 aromatic carbocycles. The highest BCUT2D eigenvalue weighted by atomic mass is 16.1. The number of Topliss-reactive ketones (excluding diaryl/α,β-unsaturated/α-hetero) is 2. The lowest BCUT2D eigenvalue weighted by Gasteiger charge is -2.44. The van der Waals surface area contributed by atoms with Gasteiger partial charge in [0, 0.05) is 23.3 Å². The number of rotatable bonds is 0. The number of hydrogen-bond donors (Lipinski definition) is 0. The third-order valence-corrected chi connectivity index (χ3v) is 5.62. The number of allylic oxidation sites excluding steroid dienone is 4. The maximum absolute atomic E-state index is 13.0. The van der Waals surface area contributed by atoms with Gasteiger partial charge in [-0.1, -0.05) is 25.5 Å². The normalized spacial score (nSPS) is 33.2. The second-order valence-electron chi connectivity index (χ2n) is 7.25. The standard InChI is InChI=1S/C18H24O2/c1-11-8-9-14-17(20)13-7-5-4-6-12(13)10-15(19)16(11)18(14,2)3/h7,12,14H,4-6,8-10H2,1-3H3/t12-,14+/m1/s1. The first-order valence-corrected chi connectivity index (χ1v) is 7.90. The second-order valence-corrected chi connectivity index (χ2v) is 7.25. The van der Waals surface area contributed by atoms with Crippen LogP contribution in [0.25, 0.3) is 0 Å². The molecule has 0 aromatic rings. The molecule has 3 aliphatic carbocycles. The van der Waals surface area contributed by atoms with E-state index in [9.17, 15) is 9.59 Å². The van der Waals surface area contributed by atoms with Crippen LogP contribution in [-0.2, 0) is 9.59 Å². The van der Waals surface area contributed by atoms with Crippen molar-refractivity contribution in [1.29, 1.82) is 0 Å². The minimum atomic E-state index is -0.292. The van der Waals surface area contributed by atoms with Gasteiger partial charge in [0.1, 0.15) is 0 Å². The van der Waals surface area contributed by atoms with Crippen molar-refractivity contribution in [2.75, 3.05) is 0 Å². The van der Waals surface area contributed by atoms with Gasteiger partial charge in [-0.2, -0.15) is 0 Å². The number of carbonyl (C=O) groups excluding carboxylic acids is 2. The van der Waals surface area contributed by atoms with E-state index in [1.165, 1.54) is 5.57 Å². The van der Waals surface area contributed by atoms with E-state index in [0.717, 1.165) is 43.3 Å². The number of fused-ring (bicyclic) bond motifs is 3. The van der Waals surface area contributed by atoms with E-state index in [4.69, 9.17) is 0 Å². The summed E-state index contributed by atoms with van der Waals surface area (Å²) >= 11 is 0. The minimum Gasteiger partial charge on any atom is -0.295 e. The summed E-state index contributed by atoms with van der Waals surface area (Å²) in [5, 5.41) is 0. The van der Waals surface area contributed by atoms with Gasteiger partial charge in [-0.15, -0.1) is 0 Å². The van der Waals surface area contributed by atoms with E-state index < -0.39 is 0 Å². The summed E-state index contributed by atoms with van der Waals surface area (Å²) < 4.78 is 0. The first-order chi connectivity index (χ1) is 9.43. The van der Waals surface area contributed by atoms with E-state index in [1.807, 2.05) is 0 Å². The molecule has 0 aromatic heterocycles. The van der Waals surface area contributed by atoms with Gasteiger partial charge in [-0.05, 0) is 50.5 Å². The Labute approximate surface area is 121 Å². The monoisotopic (exact) mass is 272 g/mol. The van der Waals surface area contributed by atoms with Crippen LogP contribution in [0.2, 0.25) is 0 Å². The first-order valence-electron chi connectivity index (χ1n) is 7.90. The maximum Gasteiger partial charge on any atom is 0.162 e. The van der Waals surface area contributed by atoms with Crippen molar-refractivity contribution in [3.63, 3.8) is 0 Å². The molecule has 2 heteroatoms. The van der Waals surface area contributed by atoms with Crippen molar-refractivity contribution >= 4 is 11.6 Å². The summed E-state index contributed by atoms with van der Waals surface area (Å²) in [6.07, 6.45) is 7.58. The molecule has 108 valence electrons. The van der Waals surface area contributed by atoms with Gasteiger partial charge in [0.15, 0.2) is 11.6 Å². The molecule has 2 bridgehead atoms. The highest BCUT2D eigenvalue weighted by Gasteiger charge is 2.47. The number of carbonyl (C=O) groups is 2. The number of hydrogen-bond acceptors (Lipinski definition) is 2. The van der Waals surface area contributed by atoms with Crippen molar-refractivity contribution < 1.29 is 9.59 Å². The smallest absolute Gasteiger partial charge is 0.162 e. The van der Waals surface area contributed by atoms with Gasteiger partial charge < -0.3 is 0 Å². The molecule has 0 N–H and O–H groups in total. The summed E-state index contributed by atoms with van der Waals surface area (Å²) in [6.45, 7) is 6.26. The van der Waals surface area contributed by atoms with E-state index in [2.05, 4.69) is 26.8 Å². The molecule has 0 radical (unpaired) electrons. The lowest BCUT2D eigenvalue weighted by molar-refractivity contribution is -0.126. The Bertz CT molecular complexity index is 534. The molecule has 3 aliphatic rings. The summed E-state index contributed by atoms with van der Waals surface area (Å²) in [5.74, 6) is 0.806. The van der Waals surface area contributed by atoms with Crippen LogP contribution >= 0.6 is 0 Å². The minimum absolute atomic E-state index is 0.00250. The van der Waals surface area contributed by atoms with Crippen molar-refractivity contribution in [3.8, 4) is 0 Å². The van der Waals surface area contributed by atoms with Crippen molar-refractivity contribution in [3.05, 3.63) is 22.8 Å². The van der Waals surface area contributed by atoms with Crippen molar-refractivity contribution in [2.24, 2.45) is 17.3 Å². The van der Waals surface area contributed by atoms with Gasteiger partial charge in [-0.25, -0.2) is 0 Å². The highest BCUT2D eigenvalue weighted by Crippen LogP contribution is 2.50. The van der Waals surface area contributed by atoms with Gasteiger partial charge in [0.25, 0.3) is 0 Å². The molecule has 0 heterocycles. The molecule has 2 nitrogen and oxygen atoms in total. The highest BCUT2D eigenvalue weighted by molar-refractivity contribution is 6.05. The lowest BCUT2D eigenvalue weighted by Crippen LogP contribution is -2.43. The summed E-state index contributed by atoms with van der Waals surface area (Å²) in [6, 6.07) is 0. The van der Waals surface area contributed by atoms with Crippen LogP contribution in [0.4, 0.5) is 0 Å². The third-order valence-electron chi connectivity index (χ3n) is 5.62. The van der Waals surface area contributed by atoms with Gasteiger partial charge in [-0.3, -0.25) is 9.59 Å². The molecule has 0 amide bonds. The zero-order chi connectivity index (χ0) is 14.5. The fourth-order valence-electron chi connectivity index (χ4n) is 4.61. The van der Waals surface area contributed by atoms with Gasteiger partial charge in [0.05, 0.1) is 0 Å². The Balaban J connectivity index is 2.13. The first kappa shape index (κ1) is 13.8. The lowest BCUT2D eigenvalue weighted by atomic mass is 9.58. The summed E-state index contributed by atoms with van der Waals surface area (Å²) in [5.41, 5.74) is 2.86. The Morgan fingerprint density at radius 1 is 1.20 bits per heavy atom. The zero-order valence-corrected chi connectivity index (χ0v) is 12.8. The van der Waals surface area contributed by atoms with Crippen LogP contribution < -0.4 is 0 Å². The van der Waals surface area contributed by atoms with Crippen LogP contribution in [-0.4, -0.2) is 11.6 Å². The van der Waals surface area contributed by atoms with E-state index in [-0.39, 0.29) is 17.3 Å². The zero-order valence-electron chi connectivity index (χ0n) is 12.8. The molecule has 0 spiro atoms. The second kappa shape index (κ2) is 4.68. The van der Waals surface area contributed by atoms with Crippen molar-refractivity contribution in [2.45, 2.75) is 59.3 Å². The molecule has 2 atom stereocenters. The van der Waals surface area contributed by atoms with Crippen LogP contribution in [0.5, 0.6) is 0 Å². The molecular weight excluding hydrogens is 248 g/mol. The average Bonchev–Trinajstić information content (AvgIpc) is 2.37. The van der Waals surface area contributed by atoms with Crippen molar-refractivity contribution in [1.82, 2.24) is 0 Å². The molecule has 1 fully saturated rings. The van der Waals surface area contributed by atoms with Crippen LogP contribution in [0.1, 0.15) is 59.3 Å². The fraction of sp³-hybridized carbons (Fsp3) is 0.667. The Kier molecular flexibility index (Phi) is 3.23. The average molecular weight is 272 g/mol. The molecular formula is C18H24O2. The SMILES string of the molecule is CC1=C2C(=O)C[C@H]3CCCC=C3C(=O)[C@H](CC1)C2(C)C. The largest absolute Gasteiger partial charge is 0.295 e. The molecule has 20 heavy (non-hydrogen) atoms. The Morgan fingerprint density at radius 2 is 1.95 bits per heavy atom. The van der Waals surface area contributed by atoms with Crippen LogP contribution in [0, 0.1) is 17.3 Å². The van der Waals surface area contributed by atoms with Gasteiger partial charge >= 0.3 is 0 Å². The van der Waals surface area contributed by atoms with E-state index in [0.29, 0.717) is 18.0 Å². The molecule has 0 unspecified atom stereocenters. The van der Waals surface area contributed by atoms with E-state index in [1.54, 1.807) is 0 Å². The van der Waals surface area contributed by atoms with Gasteiger partial charge in [0.2, 0.25) is 0 Å². The summed E-state index contributed by atoms with van der Waals surface area (Å²) in [7, 11) is 0. The Hall–Kier alpha value is -1.18. The molecule has 0 aliphatic heterocycles.